The Hall–Kier alpha value is -1.06. The SMILES string of the molecule is CC(NCC1(CO)CC1)c1ccc(N2CCCCC2)cc1. The number of hydrogen-bond donors (Lipinski definition) is 2. The molecule has 1 aromatic rings. The average Bonchev–Trinajstić information content (AvgIpc) is 3.34. The fraction of sp³-hybridized carbons (Fsp3) is 0.667. The molecule has 0 bridgehead atoms. The fourth-order valence-corrected chi connectivity index (χ4v) is 3.18. The summed E-state index contributed by atoms with van der Waals surface area (Å²) in [5, 5.41) is 13.0. The van der Waals surface area contributed by atoms with Crippen LogP contribution < -0.4 is 10.2 Å². The molecule has 3 heteroatoms. The third kappa shape index (κ3) is 3.58. The Kier molecular flexibility index (Phi) is 4.51. The van der Waals surface area contributed by atoms with Gasteiger partial charge in [0.2, 0.25) is 0 Å². The maximum atomic E-state index is 9.38. The number of anilines is 1. The van der Waals surface area contributed by atoms with Gasteiger partial charge in [-0.1, -0.05) is 12.1 Å². The van der Waals surface area contributed by atoms with Crippen molar-refractivity contribution in [2.75, 3.05) is 31.1 Å². The molecule has 1 saturated carbocycles. The summed E-state index contributed by atoms with van der Waals surface area (Å²) < 4.78 is 0. The van der Waals surface area contributed by atoms with Crippen LogP contribution in [0.15, 0.2) is 24.3 Å². The van der Waals surface area contributed by atoms with E-state index >= 15 is 0 Å². The molecule has 2 aliphatic rings. The molecule has 1 aliphatic heterocycles. The lowest BCUT2D eigenvalue weighted by atomic mass is 10.0. The number of piperidine rings is 1. The molecule has 116 valence electrons. The second-order valence-corrected chi connectivity index (χ2v) is 6.90. The summed E-state index contributed by atoms with van der Waals surface area (Å²) in [5.41, 5.74) is 2.88. The zero-order valence-corrected chi connectivity index (χ0v) is 13.1. The normalized spacial score (nSPS) is 22.1. The largest absolute Gasteiger partial charge is 0.396 e. The van der Waals surface area contributed by atoms with Gasteiger partial charge >= 0.3 is 0 Å². The molecule has 1 heterocycles. The lowest BCUT2D eigenvalue weighted by Gasteiger charge is -2.29. The molecule has 1 atom stereocenters. The molecule has 0 aromatic heterocycles. The number of rotatable bonds is 6. The van der Waals surface area contributed by atoms with Crippen molar-refractivity contribution in [1.29, 1.82) is 0 Å². The summed E-state index contributed by atoms with van der Waals surface area (Å²) in [6, 6.07) is 9.37. The molecule has 21 heavy (non-hydrogen) atoms. The first-order chi connectivity index (χ1) is 10.2. The number of nitrogens with one attached hydrogen (secondary N) is 1. The summed E-state index contributed by atoms with van der Waals surface area (Å²) in [6.07, 6.45) is 6.35. The van der Waals surface area contributed by atoms with Crippen molar-refractivity contribution in [2.24, 2.45) is 5.41 Å². The van der Waals surface area contributed by atoms with E-state index in [9.17, 15) is 5.11 Å². The topological polar surface area (TPSA) is 35.5 Å². The standard InChI is InChI=1S/C18H28N2O/c1-15(19-13-18(14-21)9-10-18)16-5-7-17(8-6-16)20-11-3-2-4-12-20/h5-8,15,19,21H,2-4,9-14H2,1H3. The Morgan fingerprint density at radius 1 is 1.14 bits per heavy atom. The molecule has 1 aromatic carbocycles. The van der Waals surface area contributed by atoms with Gasteiger partial charge in [-0.2, -0.15) is 0 Å². The van der Waals surface area contributed by atoms with Crippen molar-refractivity contribution in [1.82, 2.24) is 5.32 Å². The number of aliphatic hydroxyl groups is 1. The van der Waals surface area contributed by atoms with Crippen LogP contribution in [-0.4, -0.2) is 31.3 Å². The Morgan fingerprint density at radius 2 is 1.81 bits per heavy atom. The molecule has 3 nitrogen and oxygen atoms in total. The minimum atomic E-state index is 0.183. The van der Waals surface area contributed by atoms with E-state index in [0.29, 0.717) is 12.6 Å². The van der Waals surface area contributed by atoms with E-state index in [-0.39, 0.29) is 5.41 Å². The predicted molar refractivity (Wildman–Crippen MR) is 87.7 cm³/mol. The lowest BCUT2D eigenvalue weighted by Crippen LogP contribution is -2.30. The van der Waals surface area contributed by atoms with Gasteiger partial charge in [-0.15, -0.1) is 0 Å². The van der Waals surface area contributed by atoms with Gasteiger partial charge in [0.15, 0.2) is 0 Å². The van der Waals surface area contributed by atoms with E-state index in [4.69, 9.17) is 0 Å². The number of benzene rings is 1. The molecule has 0 spiro atoms. The van der Waals surface area contributed by atoms with Gasteiger partial charge < -0.3 is 15.3 Å². The van der Waals surface area contributed by atoms with Crippen LogP contribution in [0.1, 0.15) is 50.6 Å². The van der Waals surface area contributed by atoms with Gasteiger partial charge in [-0.25, -0.2) is 0 Å². The van der Waals surface area contributed by atoms with Crippen LogP contribution in [0, 0.1) is 5.41 Å². The molecule has 2 fully saturated rings. The number of aliphatic hydroxyl groups excluding tert-OH is 1. The zero-order chi connectivity index (χ0) is 14.7. The second kappa shape index (κ2) is 6.37. The summed E-state index contributed by atoms with van der Waals surface area (Å²) in [4.78, 5) is 2.50. The quantitative estimate of drug-likeness (QED) is 0.844. The highest BCUT2D eigenvalue weighted by molar-refractivity contribution is 5.48. The molecule has 1 unspecified atom stereocenters. The van der Waals surface area contributed by atoms with Crippen LogP contribution in [0.4, 0.5) is 5.69 Å². The van der Waals surface area contributed by atoms with E-state index in [1.807, 2.05) is 0 Å². The summed E-state index contributed by atoms with van der Waals surface area (Å²) in [5.74, 6) is 0. The van der Waals surface area contributed by atoms with Crippen LogP contribution in [0.2, 0.25) is 0 Å². The van der Waals surface area contributed by atoms with Crippen LogP contribution in [0.25, 0.3) is 0 Å². The number of hydrogen-bond acceptors (Lipinski definition) is 3. The van der Waals surface area contributed by atoms with E-state index in [2.05, 4.69) is 41.4 Å². The van der Waals surface area contributed by atoms with Crippen LogP contribution >= 0.6 is 0 Å². The van der Waals surface area contributed by atoms with Crippen molar-refractivity contribution in [3.8, 4) is 0 Å². The highest BCUT2D eigenvalue weighted by Crippen LogP contribution is 2.44. The Morgan fingerprint density at radius 3 is 2.38 bits per heavy atom. The summed E-state index contributed by atoms with van der Waals surface area (Å²) in [7, 11) is 0. The van der Waals surface area contributed by atoms with Gasteiger partial charge in [0, 0.05) is 43.4 Å². The van der Waals surface area contributed by atoms with E-state index in [1.54, 1.807) is 0 Å². The first kappa shape index (κ1) is 14.9. The predicted octanol–water partition coefficient (Wildman–Crippen LogP) is 3.10. The van der Waals surface area contributed by atoms with Gasteiger partial charge in [-0.05, 0) is 56.7 Å². The number of nitrogens with zero attached hydrogens (tertiary/aromatic N) is 1. The maximum absolute atomic E-state index is 9.38. The molecule has 1 saturated heterocycles. The van der Waals surface area contributed by atoms with E-state index in [1.165, 1.54) is 43.6 Å². The molecule has 0 radical (unpaired) electrons. The monoisotopic (exact) mass is 288 g/mol. The van der Waals surface area contributed by atoms with E-state index < -0.39 is 0 Å². The highest BCUT2D eigenvalue weighted by Gasteiger charge is 2.41. The molecular weight excluding hydrogens is 260 g/mol. The Balaban J connectivity index is 1.55. The Labute approximate surface area is 128 Å². The maximum Gasteiger partial charge on any atom is 0.0499 e. The van der Waals surface area contributed by atoms with Crippen molar-refractivity contribution in [3.63, 3.8) is 0 Å². The van der Waals surface area contributed by atoms with Crippen LogP contribution in [-0.2, 0) is 0 Å². The third-order valence-electron chi connectivity index (χ3n) is 5.19. The minimum absolute atomic E-state index is 0.183. The second-order valence-electron chi connectivity index (χ2n) is 6.90. The highest BCUT2D eigenvalue weighted by atomic mass is 16.3. The van der Waals surface area contributed by atoms with Gasteiger partial charge in [0.1, 0.15) is 0 Å². The van der Waals surface area contributed by atoms with Crippen molar-refractivity contribution < 1.29 is 5.11 Å². The zero-order valence-electron chi connectivity index (χ0n) is 13.1. The van der Waals surface area contributed by atoms with Crippen molar-refractivity contribution in [3.05, 3.63) is 29.8 Å². The average molecular weight is 288 g/mol. The van der Waals surface area contributed by atoms with Crippen molar-refractivity contribution in [2.45, 2.75) is 45.1 Å². The summed E-state index contributed by atoms with van der Waals surface area (Å²) in [6.45, 7) is 5.86. The first-order valence-electron chi connectivity index (χ1n) is 8.42. The molecule has 3 rings (SSSR count). The molecular formula is C18H28N2O. The smallest absolute Gasteiger partial charge is 0.0499 e. The molecule has 0 amide bonds. The van der Waals surface area contributed by atoms with Gasteiger partial charge in [0.05, 0.1) is 0 Å². The first-order valence-corrected chi connectivity index (χ1v) is 8.42. The molecule has 2 N–H and O–H groups in total. The summed E-state index contributed by atoms with van der Waals surface area (Å²) >= 11 is 0. The lowest BCUT2D eigenvalue weighted by molar-refractivity contribution is 0.204. The van der Waals surface area contributed by atoms with Crippen LogP contribution in [0.5, 0.6) is 0 Å². The third-order valence-corrected chi connectivity index (χ3v) is 5.19. The van der Waals surface area contributed by atoms with Gasteiger partial charge in [0.25, 0.3) is 0 Å². The van der Waals surface area contributed by atoms with Gasteiger partial charge in [-0.3, -0.25) is 0 Å². The fourth-order valence-electron chi connectivity index (χ4n) is 3.18. The van der Waals surface area contributed by atoms with Crippen molar-refractivity contribution >= 4 is 5.69 Å². The van der Waals surface area contributed by atoms with Crippen LogP contribution in [0.3, 0.4) is 0 Å². The Bertz CT molecular complexity index is 447. The van der Waals surface area contributed by atoms with E-state index in [0.717, 1.165) is 19.4 Å². The minimum Gasteiger partial charge on any atom is -0.396 e. The molecule has 1 aliphatic carbocycles.